The van der Waals surface area contributed by atoms with Gasteiger partial charge in [0, 0.05) is 24.6 Å². The first-order valence-corrected chi connectivity index (χ1v) is 10.7. The molecule has 0 aromatic heterocycles. The lowest BCUT2D eigenvalue weighted by Gasteiger charge is -2.31. The molecule has 0 bridgehead atoms. The quantitative estimate of drug-likeness (QED) is 0.539. The van der Waals surface area contributed by atoms with E-state index in [9.17, 15) is 22.8 Å². The molecule has 170 valence electrons. The minimum Gasteiger partial charge on any atom is -0.339 e. The van der Waals surface area contributed by atoms with Gasteiger partial charge >= 0.3 is 6.18 Å². The highest BCUT2D eigenvalue weighted by molar-refractivity contribution is 5.96. The van der Waals surface area contributed by atoms with Gasteiger partial charge in [0.05, 0.1) is 11.3 Å². The molecule has 4 nitrogen and oxygen atoms in total. The number of nitrogens with one attached hydrogen (secondary N) is 1. The van der Waals surface area contributed by atoms with Gasteiger partial charge < -0.3 is 10.2 Å². The molecule has 0 spiro atoms. The predicted molar refractivity (Wildman–Crippen MR) is 121 cm³/mol. The molecule has 0 radical (unpaired) electrons. The summed E-state index contributed by atoms with van der Waals surface area (Å²) in [4.78, 5) is 27.1. The van der Waals surface area contributed by atoms with Gasteiger partial charge in [0.1, 0.15) is 0 Å². The van der Waals surface area contributed by atoms with Crippen LogP contribution in [0.1, 0.15) is 28.8 Å². The Balaban J connectivity index is 1.35. The standard InChI is InChI=1S/C26H23F3N2O2/c27-26(28,29)22-8-4-5-9-23(22)30-24(32)20-14-16-31(17-15-20)25(33)21-12-10-19(11-13-21)18-6-2-1-3-7-18/h1-13,20H,14-17H2,(H,30,32). The maximum Gasteiger partial charge on any atom is 0.418 e. The highest BCUT2D eigenvalue weighted by Crippen LogP contribution is 2.35. The molecule has 2 amide bonds. The van der Waals surface area contributed by atoms with Gasteiger partial charge in [0.2, 0.25) is 5.91 Å². The lowest BCUT2D eigenvalue weighted by atomic mass is 9.95. The van der Waals surface area contributed by atoms with E-state index in [0.717, 1.165) is 17.2 Å². The molecule has 1 heterocycles. The van der Waals surface area contributed by atoms with Crippen molar-refractivity contribution >= 4 is 17.5 Å². The SMILES string of the molecule is O=C(Nc1ccccc1C(F)(F)F)C1CCN(C(=O)c2ccc(-c3ccccc3)cc2)CC1. The molecule has 3 aromatic carbocycles. The van der Waals surface area contributed by atoms with Crippen molar-refractivity contribution in [3.05, 3.63) is 90.0 Å². The number of amides is 2. The van der Waals surface area contributed by atoms with Gasteiger partial charge in [-0.2, -0.15) is 13.2 Å². The second kappa shape index (κ2) is 9.48. The van der Waals surface area contributed by atoms with Crippen molar-refractivity contribution in [2.24, 2.45) is 5.92 Å². The zero-order valence-corrected chi connectivity index (χ0v) is 17.8. The summed E-state index contributed by atoms with van der Waals surface area (Å²) in [6.07, 6.45) is -3.75. The number of likely N-dealkylation sites (tertiary alicyclic amines) is 1. The molecule has 1 aliphatic heterocycles. The van der Waals surface area contributed by atoms with Crippen LogP contribution in [0.4, 0.5) is 18.9 Å². The number of piperidine rings is 1. The molecule has 3 aromatic rings. The van der Waals surface area contributed by atoms with Crippen LogP contribution >= 0.6 is 0 Å². The topological polar surface area (TPSA) is 49.4 Å². The number of carbonyl (C=O) groups excluding carboxylic acids is 2. The van der Waals surface area contributed by atoms with Crippen LogP contribution < -0.4 is 5.32 Å². The third kappa shape index (κ3) is 5.25. The molecule has 1 aliphatic rings. The summed E-state index contributed by atoms with van der Waals surface area (Å²) in [7, 11) is 0. The lowest BCUT2D eigenvalue weighted by molar-refractivity contribution is -0.137. The minimum atomic E-state index is -4.55. The summed E-state index contributed by atoms with van der Waals surface area (Å²) in [6.45, 7) is 0.747. The summed E-state index contributed by atoms with van der Waals surface area (Å²) >= 11 is 0. The normalized spacial score (nSPS) is 14.7. The second-order valence-electron chi connectivity index (χ2n) is 8.04. The fourth-order valence-electron chi connectivity index (χ4n) is 4.04. The molecule has 0 saturated carbocycles. The van der Waals surface area contributed by atoms with Gasteiger partial charge in [0.15, 0.2) is 0 Å². The number of nitrogens with zero attached hydrogens (tertiary/aromatic N) is 1. The number of halogens is 3. The minimum absolute atomic E-state index is 0.115. The Morgan fingerprint density at radius 2 is 1.36 bits per heavy atom. The molecule has 0 unspecified atom stereocenters. The zero-order chi connectivity index (χ0) is 23.4. The smallest absolute Gasteiger partial charge is 0.339 e. The van der Waals surface area contributed by atoms with Gasteiger partial charge in [-0.15, -0.1) is 0 Å². The third-order valence-electron chi connectivity index (χ3n) is 5.88. The Hall–Kier alpha value is -3.61. The van der Waals surface area contributed by atoms with Crippen molar-refractivity contribution in [2.45, 2.75) is 19.0 Å². The lowest BCUT2D eigenvalue weighted by Crippen LogP contribution is -2.41. The number of carbonyl (C=O) groups is 2. The molecule has 33 heavy (non-hydrogen) atoms. The number of anilines is 1. The second-order valence-corrected chi connectivity index (χ2v) is 8.04. The van der Waals surface area contributed by atoms with Crippen LogP contribution in [0.5, 0.6) is 0 Å². The summed E-state index contributed by atoms with van der Waals surface area (Å²) in [5, 5.41) is 2.42. The van der Waals surface area contributed by atoms with Gasteiger partial charge in [-0.1, -0.05) is 54.6 Å². The monoisotopic (exact) mass is 452 g/mol. The van der Waals surface area contributed by atoms with E-state index in [1.807, 2.05) is 42.5 Å². The van der Waals surface area contributed by atoms with Crippen molar-refractivity contribution in [3.63, 3.8) is 0 Å². The van der Waals surface area contributed by atoms with Crippen LogP contribution in [0, 0.1) is 5.92 Å². The summed E-state index contributed by atoms with van der Waals surface area (Å²) in [5.41, 5.74) is 1.53. The molecule has 1 N–H and O–H groups in total. The number of alkyl halides is 3. The van der Waals surface area contributed by atoms with Crippen LogP contribution in [0.3, 0.4) is 0 Å². The largest absolute Gasteiger partial charge is 0.418 e. The van der Waals surface area contributed by atoms with Crippen LogP contribution in [-0.4, -0.2) is 29.8 Å². The van der Waals surface area contributed by atoms with E-state index in [2.05, 4.69) is 5.32 Å². The Morgan fingerprint density at radius 1 is 0.788 bits per heavy atom. The van der Waals surface area contributed by atoms with Crippen LogP contribution in [-0.2, 0) is 11.0 Å². The molecule has 4 rings (SSSR count). The highest BCUT2D eigenvalue weighted by Gasteiger charge is 2.34. The first kappa shape index (κ1) is 22.6. The number of para-hydroxylation sites is 1. The van der Waals surface area contributed by atoms with E-state index in [1.54, 1.807) is 17.0 Å². The van der Waals surface area contributed by atoms with Gasteiger partial charge in [0.25, 0.3) is 5.91 Å². The maximum atomic E-state index is 13.2. The maximum absolute atomic E-state index is 13.2. The first-order valence-electron chi connectivity index (χ1n) is 10.7. The summed E-state index contributed by atoms with van der Waals surface area (Å²) in [5.74, 6) is -1.02. The number of benzene rings is 3. The van der Waals surface area contributed by atoms with Crippen molar-refractivity contribution in [3.8, 4) is 11.1 Å². The molecule has 1 fully saturated rings. The van der Waals surface area contributed by atoms with E-state index in [1.165, 1.54) is 18.2 Å². The number of hydrogen-bond donors (Lipinski definition) is 1. The zero-order valence-electron chi connectivity index (χ0n) is 17.8. The fraction of sp³-hybridized carbons (Fsp3) is 0.231. The van der Waals surface area contributed by atoms with Crippen LogP contribution in [0.25, 0.3) is 11.1 Å². The first-order chi connectivity index (χ1) is 15.8. The van der Waals surface area contributed by atoms with E-state index < -0.39 is 23.6 Å². The number of rotatable bonds is 4. The van der Waals surface area contributed by atoms with Gasteiger partial charge in [-0.3, -0.25) is 9.59 Å². The van der Waals surface area contributed by atoms with Crippen LogP contribution in [0.2, 0.25) is 0 Å². The molecule has 7 heteroatoms. The number of hydrogen-bond acceptors (Lipinski definition) is 2. The summed E-state index contributed by atoms with van der Waals surface area (Å²) in [6, 6.07) is 22.2. The molecule has 1 saturated heterocycles. The Labute approximate surface area is 190 Å². The van der Waals surface area contributed by atoms with E-state index >= 15 is 0 Å². The van der Waals surface area contributed by atoms with E-state index in [4.69, 9.17) is 0 Å². The molecular formula is C26H23F3N2O2. The predicted octanol–water partition coefficient (Wildman–Crippen LogP) is 5.86. The van der Waals surface area contributed by atoms with Crippen molar-refractivity contribution in [1.82, 2.24) is 4.90 Å². The van der Waals surface area contributed by atoms with Gasteiger partial charge in [-0.25, -0.2) is 0 Å². The highest BCUT2D eigenvalue weighted by atomic mass is 19.4. The van der Waals surface area contributed by atoms with Crippen molar-refractivity contribution in [2.75, 3.05) is 18.4 Å². The Kier molecular flexibility index (Phi) is 6.49. The average Bonchev–Trinajstić information content (AvgIpc) is 2.84. The Bertz CT molecular complexity index is 1120. The third-order valence-corrected chi connectivity index (χ3v) is 5.88. The van der Waals surface area contributed by atoms with E-state index in [-0.39, 0.29) is 11.6 Å². The molecule has 0 atom stereocenters. The molecule has 0 aliphatic carbocycles. The van der Waals surface area contributed by atoms with Crippen molar-refractivity contribution in [1.29, 1.82) is 0 Å². The average molecular weight is 452 g/mol. The Morgan fingerprint density at radius 3 is 2.00 bits per heavy atom. The van der Waals surface area contributed by atoms with Gasteiger partial charge in [-0.05, 0) is 48.2 Å². The fourth-order valence-corrected chi connectivity index (χ4v) is 4.04. The van der Waals surface area contributed by atoms with Crippen molar-refractivity contribution < 1.29 is 22.8 Å². The van der Waals surface area contributed by atoms with Crippen LogP contribution in [0.15, 0.2) is 78.9 Å². The molecular weight excluding hydrogens is 429 g/mol. The summed E-state index contributed by atoms with van der Waals surface area (Å²) < 4.78 is 39.5. The van der Waals surface area contributed by atoms with E-state index in [0.29, 0.717) is 31.5 Å².